The first kappa shape index (κ1) is 43.3. The van der Waals surface area contributed by atoms with E-state index in [-0.39, 0.29) is 195 Å². The molecule has 0 aliphatic carbocycles. The molecule has 0 saturated carbocycles. The van der Waals surface area contributed by atoms with Gasteiger partial charge in [-0.15, -0.1) is 0 Å². The van der Waals surface area contributed by atoms with Crippen LogP contribution >= 0.6 is 0 Å². The maximum absolute atomic E-state index is 9.69. The molecule has 8 nitrogen and oxygen atoms in total. The molecule has 0 bridgehead atoms. The van der Waals surface area contributed by atoms with Gasteiger partial charge in [-0.1, -0.05) is 0 Å². The van der Waals surface area contributed by atoms with E-state index in [1.54, 1.807) is 0 Å². The van der Waals surface area contributed by atoms with Crippen molar-refractivity contribution in [1.82, 2.24) is 0 Å². The number of rotatable bonds is 1. The molecule has 16 heavy (non-hydrogen) atoms. The molecule has 0 rings (SSSR count). The average Bonchev–Trinajstić information content (AvgIpc) is 1.59. The Bertz CT molecular complexity index is 290. The summed E-state index contributed by atoms with van der Waals surface area (Å²) in [6.45, 7) is 0. The van der Waals surface area contributed by atoms with E-state index in [1.165, 1.54) is 0 Å². The Labute approximate surface area is 239 Å². The Hall–Kier alpha value is 6.42. The normalized spacial score (nSPS) is 11.1. The van der Waals surface area contributed by atoms with Crippen molar-refractivity contribution in [2.24, 2.45) is 0 Å². The van der Waals surface area contributed by atoms with Crippen LogP contribution in [-0.2, 0) is 19.2 Å². The van der Waals surface area contributed by atoms with Crippen LogP contribution in [0.5, 0.6) is 0 Å². The molecule has 0 aromatic heterocycles. The first-order valence-corrected chi connectivity index (χ1v) is 7.30. The molecule has 0 amide bonds. The van der Waals surface area contributed by atoms with E-state index in [0.29, 0.717) is 0 Å². The van der Waals surface area contributed by atoms with Crippen molar-refractivity contribution in [2.45, 2.75) is 0 Å². The Kier molecular flexibility index (Phi) is 64.0. The summed E-state index contributed by atoms with van der Waals surface area (Å²) in [6, 6.07) is 0. The van der Waals surface area contributed by atoms with Crippen molar-refractivity contribution in [2.75, 3.05) is 0 Å². The SMILES string of the molecule is O=S(=O)([O-])[O-].O=[S](O)(=[Ca])OO.[Ca+2].[H-].[H-].[H-].[H-].[Na+].[Na+].[Na+].[Na+]. The maximum atomic E-state index is 9.69. The van der Waals surface area contributed by atoms with E-state index in [9.17, 15) is 4.21 Å². The second-order valence-corrected chi connectivity index (χ2v) is 6.61. The number of hydrogen-bond acceptors (Lipinski definition) is 7. The summed E-state index contributed by atoms with van der Waals surface area (Å²) in [7, 11) is -5.17. The van der Waals surface area contributed by atoms with Gasteiger partial charge >= 0.3 is 212 Å². The number of hydrogen-bond donors (Lipinski definition) is 2. The standard InChI is InChI=1S/2Ca.4Na.2H2O4S.4H/c;;;;;;1-5(2,3)4;1-4-5(2)3;;;;/h;;;;;;(H2,1,2,3,4);1H,(H,2,3);;;;/q;+2;4*+1;;;4*-1/p-2. The molecule has 0 aromatic carbocycles. The zero-order valence-corrected chi connectivity index (χ0v) is 23.6. The largest absolute Gasteiger partial charge is 2.00 e. The first-order valence-electron chi connectivity index (χ1n) is 1.65. The van der Waals surface area contributed by atoms with Crippen molar-refractivity contribution in [3.05, 3.63) is 0 Å². The van der Waals surface area contributed by atoms with Gasteiger partial charge in [0.2, 0.25) is 0 Å². The monoisotopic (exact) mass is 370 g/mol. The molecule has 0 saturated heterocycles. The van der Waals surface area contributed by atoms with E-state index in [0.717, 1.165) is 0 Å². The van der Waals surface area contributed by atoms with Crippen molar-refractivity contribution >= 4 is 85.9 Å². The Morgan fingerprint density at radius 2 is 1.12 bits per heavy atom. The van der Waals surface area contributed by atoms with Crippen LogP contribution in [0.2, 0.25) is 0 Å². The summed E-state index contributed by atoms with van der Waals surface area (Å²) >= 11 is 0.0312. The third-order valence-electron chi connectivity index (χ3n) is 0.116. The van der Waals surface area contributed by atoms with Gasteiger partial charge in [-0.05, 0) is 0 Å². The van der Waals surface area contributed by atoms with Crippen molar-refractivity contribution in [3.8, 4) is 0 Å². The molecule has 0 spiro atoms. The maximum Gasteiger partial charge on any atom is 2.00 e. The predicted octanol–water partition coefficient (Wildman–Crippen LogP) is -14.0. The van der Waals surface area contributed by atoms with Gasteiger partial charge < -0.3 is 14.8 Å². The van der Waals surface area contributed by atoms with Crippen molar-refractivity contribution in [3.63, 3.8) is 0 Å². The molecule has 0 aromatic rings. The van der Waals surface area contributed by atoms with Gasteiger partial charge in [-0.3, -0.25) is 8.42 Å². The fourth-order valence-corrected chi connectivity index (χ4v) is 0. The van der Waals surface area contributed by atoms with Gasteiger partial charge in [-0.2, -0.15) is 0 Å². The van der Waals surface area contributed by atoms with Crippen LogP contribution < -0.4 is 118 Å². The van der Waals surface area contributed by atoms with Gasteiger partial charge in [0.25, 0.3) is 0 Å². The third kappa shape index (κ3) is 86.8. The Morgan fingerprint density at radius 1 is 1.06 bits per heavy atom. The quantitative estimate of drug-likeness (QED) is 0.152. The fourth-order valence-electron chi connectivity index (χ4n) is 0. The summed E-state index contributed by atoms with van der Waals surface area (Å²) in [5.41, 5.74) is 0. The molecule has 1 unspecified atom stereocenters. The van der Waals surface area contributed by atoms with Crippen LogP contribution in [0.3, 0.4) is 0 Å². The van der Waals surface area contributed by atoms with Crippen LogP contribution in [0, 0.1) is 0 Å². The van der Waals surface area contributed by atoms with E-state index in [2.05, 4.69) is 4.33 Å². The van der Waals surface area contributed by atoms with Crippen LogP contribution in [0.1, 0.15) is 5.71 Å². The van der Waals surface area contributed by atoms with Crippen LogP contribution in [0.4, 0.5) is 0 Å². The topological polar surface area (TPSA) is 147 Å². The molecule has 74 valence electrons. The second-order valence-electron chi connectivity index (χ2n) is 1.06. The molecule has 0 aliphatic heterocycles. The molecule has 0 aliphatic rings. The third-order valence-corrected chi connectivity index (χ3v) is 0.843. The minimum absolute atomic E-state index is 0. The summed E-state index contributed by atoms with van der Waals surface area (Å²) in [5, 5.41) is 7.41. The van der Waals surface area contributed by atoms with Crippen LogP contribution in [-0.4, -0.2) is 103 Å². The molecule has 16 heteroatoms. The molecule has 1 atom stereocenters. The minimum atomic E-state index is -5.17. The average molecular weight is 370 g/mol. The minimum Gasteiger partial charge on any atom is -1.00 e. The molecule has 2 N–H and O–H groups in total. The van der Waals surface area contributed by atoms with Gasteiger partial charge in [0, 0.05) is 10.4 Å². The fraction of sp³-hybridized carbons (Fsp3) is 0. The first-order chi connectivity index (χ1) is 4.56. The van der Waals surface area contributed by atoms with E-state index in [1.807, 2.05) is 0 Å². The Balaban J connectivity index is -0.00000000624. The molecule has 0 heterocycles. The predicted molar refractivity (Wildman–Crippen MR) is 40.9 cm³/mol. The second kappa shape index (κ2) is 23.7. The molecule has 0 fully saturated rings. The zero-order valence-electron chi connectivity index (χ0n) is 13.6. The van der Waals surface area contributed by atoms with Crippen LogP contribution in [0.25, 0.3) is 0 Å². The van der Waals surface area contributed by atoms with Gasteiger partial charge in [0.15, 0.2) is 0 Å². The van der Waals surface area contributed by atoms with Crippen LogP contribution in [0.15, 0.2) is 0 Å². The summed E-state index contributed by atoms with van der Waals surface area (Å²) in [5.74, 6) is 0. The smallest absolute Gasteiger partial charge is 1.00 e. The summed E-state index contributed by atoms with van der Waals surface area (Å²) in [4.78, 5) is 0. The Morgan fingerprint density at radius 3 is 1.12 bits per heavy atom. The zero-order chi connectivity index (χ0) is 9.71. The van der Waals surface area contributed by atoms with E-state index >= 15 is 0 Å². The van der Waals surface area contributed by atoms with Crippen molar-refractivity contribution in [1.29, 1.82) is 0 Å². The summed E-state index contributed by atoms with van der Waals surface area (Å²) < 4.78 is 51.6. The van der Waals surface area contributed by atoms with E-state index < -0.39 is 14.9 Å². The van der Waals surface area contributed by atoms with Gasteiger partial charge in [0.1, 0.15) is 0 Å². The van der Waals surface area contributed by atoms with Gasteiger partial charge in [0.05, 0.1) is 0 Å². The van der Waals surface area contributed by atoms with E-state index in [4.69, 9.17) is 27.3 Å². The summed E-state index contributed by atoms with van der Waals surface area (Å²) in [6.07, 6.45) is 0. The van der Waals surface area contributed by atoms with Crippen molar-refractivity contribution < 1.29 is 160 Å². The van der Waals surface area contributed by atoms with Gasteiger partial charge in [-0.25, -0.2) is 0 Å². The molecular weight excluding hydrogens is 364 g/mol. The molecular formula is H6Ca2Na4O8S2. The molecule has 0 radical (unpaired) electrons.